The van der Waals surface area contributed by atoms with Crippen molar-refractivity contribution in [3.8, 4) is 22.6 Å². The lowest BCUT2D eigenvalue weighted by atomic mass is 10.0. The van der Waals surface area contributed by atoms with Crippen molar-refractivity contribution in [1.82, 2.24) is 0 Å². The number of aromatic hydroxyl groups is 1. The second-order valence-corrected chi connectivity index (χ2v) is 6.55. The first-order chi connectivity index (χ1) is 12.6. The van der Waals surface area contributed by atoms with E-state index in [-0.39, 0.29) is 11.5 Å². The molecule has 3 nitrogen and oxygen atoms in total. The summed E-state index contributed by atoms with van der Waals surface area (Å²) in [7, 11) is 1.48. The molecule has 0 atom stereocenters. The normalized spacial score (nSPS) is 10.8. The van der Waals surface area contributed by atoms with Gasteiger partial charge >= 0.3 is 0 Å². The van der Waals surface area contributed by atoms with E-state index in [1.54, 1.807) is 18.2 Å². The van der Waals surface area contributed by atoms with Gasteiger partial charge in [-0.15, -0.1) is 0 Å². The van der Waals surface area contributed by atoms with Crippen LogP contribution in [0.5, 0.6) is 11.5 Å². The third-order valence-electron chi connectivity index (χ3n) is 3.97. The van der Waals surface area contributed by atoms with Gasteiger partial charge in [0.2, 0.25) is 0 Å². The Bertz CT molecular complexity index is 945. The van der Waals surface area contributed by atoms with E-state index in [0.29, 0.717) is 15.8 Å². The number of carbonyl (C=O) groups excluding carboxylic acids is 1. The van der Waals surface area contributed by atoms with Gasteiger partial charge < -0.3 is 9.84 Å². The lowest BCUT2D eigenvalue weighted by molar-refractivity contribution is 0.104. The van der Waals surface area contributed by atoms with Crippen LogP contribution in [-0.2, 0) is 0 Å². The number of halogens is 1. The number of carbonyl (C=O) groups is 1. The van der Waals surface area contributed by atoms with Crippen LogP contribution in [0.4, 0.5) is 0 Å². The van der Waals surface area contributed by atoms with Gasteiger partial charge in [-0.2, -0.15) is 0 Å². The molecule has 4 heteroatoms. The first-order valence-corrected chi connectivity index (χ1v) is 8.82. The standard InChI is InChI=1S/C22H17BrO3/c1-26-21-14-15(13-19(23)22(21)25)7-12-20(24)18-10-8-17(9-11-18)16-5-3-2-4-6-16/h2-14,25H,1H3. The zero-order valence-electron chi connectivity index (χ0n) is 14.1. The Hall–Kier alpha value is -2.85. The van der Waals surface area contributed by atoms with E-state index >= 15 is 0 Å². The summed E-state index contributed by atoms with van der Waals surface area (Å²) >= 11 is 3.27. The lowest BCUT2D eigenvalue weighted by Gasteiger charge is -2.06. The summed E-state index contributed by atoms with van der Waals surface area (Å²) in [5, 5.41) is 9.83. The molecule has 0 aromatic heterocycles. The summed E-state index contributed by atoms with van der Waals surface area (Å²) in [5.41, 5.74) is 3.55. The second-order valence-electron chi connectivity index (χ2n) is 5.69. The highest BCUT2D eigenvalue weighted by molar-refractivity contribution is 9.10. The molecule has 0 saturated carbocycles. The van der Waals surface area contributed by atoms with E-state index in [4.69, 9.17) is 4.74 Å². The van der Waals surface area contributed by atoms with Crippen LogP contribution in [-0.4, -0.2) is 18.0 Å². The molecule has 3 aromatic carbocycles. The molecule has 26 heavy (non-hydrogen) atoms. The highest BCUT2D eigenvalue weighted by Crippen LogP contribution is 2.35. The average Bonchev–Trinajstić information content (AvgIpc) is 2.69. The van der Waals surface area contributed by atoms with E-state index in [9.17, 15) is 9.90 Å². The van der Waals surface area contributed by atoms with Gasteiger partial charge in [0.15, 0.2) is 17.3 Å². The second kappa shape index (κ2) is 8.02. The Morgan fingerprint density at radius 1 is 1.00 bits per heavy atom. The zero-order valence-corrected chi connectivity index (χ0v) is 15.7. The Labute approximate surface area is 160 Å². The summed E-state index contributed by atoms with van der Waals surface area (Å²) in [6.45, 7) is 0. The first kappa shape index (κ1) is 18.0. The number of ketones is 1. The van der Waals surface area contributed by atoms with Gasteiger partial charge in [-0.25, -0.2) is 0 Å². The fourth-order valence-electron chi connectivity index (χ4n) is 2.57. The molecule has 130 valence electrons. The average molecular weight is 409 g/mol. The quantitative estimate of drug-likeness (QED) is 0.433. The fraction of sp³-hybridized carbons (Fsp3) is 0.0455. The summed E-state index contributed by atoms with van der Waals surface area (Å²) in [4.78, 5) is 12.4. The highest BCUT2D eigenvalue weighted by atomic mass is 79.9. The number of hydrogen-bond donors (Lipinski definition) is 1. The Balaban J connectivity index is 1.78. The number of phenolic OH excluding ortho intramolecular Hbond substituents is 1. The van der Waals surface area contributed by atoms with Crippen LogP contribution in [0.1, 0.15) is 15.9 Å². The smallest absolute Gasteiger partial charge is 0.185 e. The van der Waals surface area contributed by atoms with Gasteiger partial charge in [0, 0.05) is 5.56 Å². The molecule has 3 aromatic rings. The molecule has 0 aliphatic carbocycles. The van der Waals surface area contributed by atoms with Crippen molar-refractivity contribution in [2.24, 2.45) is 0 Å². The van der Waals surface area contributed by atoms with Crippen LogP contribution in [0.15, 0.2) is 77.3 Å². The van der Waals surface area contributed by atoms with Crippen molar-refractivity contribution in [3.63, 3.8) is 0 Å². The molecular formula is C22H17BrO3. The molecule has 0 amide bonds. The molecule has 0 bridgehead atoms. The number of allylic oxidation sites excluding steroid dienone is 1. The van der Waals surface area contributed by atoms with Crippen molar-refractivity contribution in [1.29, 1.82) is 0 Å². The minimum absolute atomic E-state index is 0.0347. The zero-order chi connectivity index (χ0) is 18.5. The predicted molar refractivity (Wildman–Crippen MR) is 108 cm³/mol. The molecule has 1 N–H and O–H groups in total. The van der Waals surface area contributed by atoms with E-state index in [2.05, 4.69) is 15.9 Å². The van der Waals surface area contributed by atoms with Crippen molar-refractivity contribution >= 4 is 27.8 Å². The third kappa shape index (κ3) is 4.03. The van der Waals surface area contributed by atoms with Crippen LogP contribution in [0, 0.1) is 0 Å². The maximum absolute atomic E-state index is 12.4. The van der Waals surface area contributed by atoms with E-state index in [1.807, 2.05) is 54.6 Å². The Morgan fingerprint density at radius 3 is 2.31 bits per heavy atom. The number of benzene rings is 3. The SMILES string of the molecule is COc1cc(C=CC(=O)c2ccc(-c3ccccc3)cc2)cc(Br)c1O. The Morgan fingerprint density at radius 2 is 1.65 bits per heavy atom. The van der Waals surface area contributed by atoms with Crippen molar-refractivity contribution in [3.05, 3.63) is 88.4 Å². The molecule has 0 aliphatic rings. The lowest BCUT2D eigenvalue weighted by Crippen LogP contribution is -1.94. The van der Waals surface area contributed by atoms with Gasteiger partial charge in [0.25, 0.3) is 0 Å². The van der Waals surface area contributed by atoms with Gasteiger partial charge in [-0.3, -0.25) is 4.79 Å². The number of hydrogen-bond acceptors (Lipinski definition) is 3. The number of phenols is 1. The third-order valence-corrected chi connectivity index (χ3v) is 4.58. The van der Waals surface area contributed by atoms with Gasteiger partial charge in [0.05, 0.1) is 11.6 Å². The van der Waals surface area contributed by atoms with Crippen molar-refractivity contribution in [2.45, 2.75) is 0 Å². The summed E-state index contributed by atoms with van der Waals surface area (Å²) < 4.78 is 5.62. The summed E-state index contributed by atoms with van der Waals surface area (Å²) in [6.07, 6.45) is 3.20. The maximum atomic E-state index is 12.4. The molecule has 3 rings (SSSR count). The first-order valence-electron chi connectivity index (χ1n) is 8.03. The predicted octanol–water partition coefficient (Wildman–Crippen LogP) is 5.73. The van der Waals surface area contributed by atoms with Crippen molar-refractivity contribution in [2.75, 3.05) is 7.11 Å². The minimum atomic E-state index is -0.0900. The van der Waals surface area contributed by atoms with E-state index in [0.717, 1.165) is 16.7 Å². The monoisotopic (exact) mass is 408 g/mol. The minimum Gasteiger partial charge on any atom is -0.503 e. The molecule has 0 radical (unpaired) electrons. The van der Waals surface area contributed by atoms with E-state index < -0.39 is 0 Å². The Kier molecular flexibility index (Phi) is 5.54. The largest absolute Gasteiger partial charge is 0.503 e. The molecule has 0 spiro atoms. The van der Waals surface area contributed by atoms with E-state index in [1.165, 1.54) is 13.2 Å². The van der Waals surface area contributed by atoms with Gasteiger partial charge in [0.1, 0.15) is 0 Å². The molecule has 0 unspecified atom stereocenters. The topological polar surface area (TPSA) is 46.5 Å². The van der Waals surface area contributed by atoms with Crippen LogP contribution in [0.25, 0.3) is 17.2 Å². The molecular weight excluding hydrogens is 392 g/mol. The molecule has 0 heterocycles. The fourth-order valence-corrected chi connectivity index (χ4v) is 3.03. The number of ether oxygens (including phenoxy) is 1. The number of rotatable bonds is 5. The van der Waals surface area contributed by atoms with Crippen LogP contribution in [0.2, 0.25) is 0 Å². The molecule has 0 aliphatic heterocycles. The van der Waals surface area contributed by atoms with Gasteiger partial charge in [-0.1, -0.05) is 60.7 Å². The van der Waals surface area contributed by atoms with Crippen LogP contribution < -0.4 is 4.74 Å². The highest BCUT2D eigenvalue weighted by Gasteiger charge is 2.08. The van der Waals surface area contributed by atoms with Crippen LogP contribution >= 0.6 is 15.9 Å². The van der Waals surface area contributed by atoms with Crippen molar-refractivity contribution < 1.29 is 14.6 Å². The summed E-state index contributed by atoms with van der Waals surface area (Å²) in [5.74, 6) is 0.291. The molecule has 0 saturated heterocycles. The maximum Gasteiger partial charge on any atom is 0.185 e. The number of methoxy groups -OCH3 is 1. The van der Waals surface area contributed by atoms with Crippen LogP contribution in [0.3, 0.4) is 0 Å². The van der Waals surface area contributed by atoms with Gasteiger partial charge in [-0.05, 0) is 50.8 Å². The summed E-state index contributed by atoms with van der Waals surface area (Å²) in [6, 6.07) is 20.9. The molecule has 0 fully saturated rings.